The number of carboxylic acids is 1. The SMILES string of the molecule is O=C(O)c1ccc(-c2ccc3c(=O)[nH]cnc3c2)cc1. The first-order chi connectivity index (χ1) is 9.65. The largest absolute Gasteiger partial charge is 0.478 e. The van der Waals surface area contributed by atoms with Crippen LogP contribution >= 0.6 is 0 Å². The Kier molecular flexibility index (Phi) is 2.80. The molecule has 0 unspecified atom stereocenters. The molecule has 0 saturated carbocycles. The van der Waals surface area contributed by atoms with Crippen molar-refractivity contribution in [3.8, 4) is 11.1 Å². The molecule has 0 atom stereocenters. The van der Waals surface area contributed by atoms with Gasteiger partial charge in [-0.15, -0.1) is 0 Å². The molecule has 0 bridgehead atoms. The molecule has 1 heterocycles. The van der Waals surface area contributed by atoms with E-state index in [1.807, 2.05) is 6.07 Å². The van der Waals surface area contributed by atoms with E-state index in [2.05, 4.69) is 9.97 Å². The average Bonchev–Trinajstić information content (AvgIpc) is 2.47. The fourth-order valence-electron chi connectivity index (χ4n) is 2.05. The molecule has 20 heavy (non-hydrogen) atoms. The maximum Gasteiger partial charge on any atom is 0.335 e. The van der Waals surface area contributed by atoms with Gasteiger partial charge in [0.05, 0.1) is 22.8 Å². The number of hydrogen-bond donors (Lipinski definition) is 2. The Morgan fingerprint density at radius 1 is 1.05 bits per heavy atom. The van der Waals surface area contributed by atoms with E-state index in [4.69, 9.17) is 5.11 Å². The highest BCUT2D eigenvalue weighted by molar-refractivity contribution is 5.89. The monoisotopic (exact) mass is 266 g/mol. The summed E-state index contributed by atoms with van der Waals surface area (Å²) in [5.41, 5.74) is 2.42. The van der Waals surface area contributed by atoms with Gasteiger partial charge in [-0.05, 0) is 35.4 Å². The Morgan fingerprint density at radius 3 is 2.45 bits per heavy atom. The van der Waals surface area contributed by atoms with E-state index >= 15 is 0 Å². The molecular formula is C15H10N2O3. The summed E-state index contributed by atoms with van der Waals surface area (Å²) in [6, 6.07) is 11.9. The van der Waals surface area contributed by atoms with E-state index in [-0.39, 0.29) is 11.1 Å². The maximum absolute atomic E-state index is 11.6. The number of aromatic nitrogens is 2. The van der Waals surface area contributed by atoms with Crippen molar-refractivity contribution >= 4 is 16.9 Å². The van der Waals surface area contributed by atoms with Crippen LogP contribution < -0.4 is 5.56 Å². The van der Waals surface area contributed by atoms with Crippen molar-refractivity contribution in [1.82, 2.24) is 9.97 Å². The van der Waals surface area contributed by atoms with Crippen LogP contribution in [0, 0.1) is 0 Å². The zero-order valence-electron chi connectivity index (χ0n) is 10.3. The number of benzene rings is 2. The Labute approximate surface area is 113 Å². The lowest BCUT2D eigenvalue weighted by molar-refractivity contribution is 0.0697. The molecule has 1 aromatic heterocycles. The van der Waals surface area contributed by atoms with Crippen molar-refractivity contribution in [2.24, 2.45) is 0 Å². The summed E-state index contributed by atoms with van der Waals surface area (Å²) in [5.74, 6) is -0.955. The van der Waals surface area contributed by atoms with Gasteiger partial charge in [0.25, 0.3) is 5.56 Å². The number of H-pyrrole nitrogens is 1. The molecule has 5 nitrogen and oxygen atoms in total. The summed E-state index contributed by atoms with van der Waals surface area (Å²) in [6.07, 6.45) is 1.36. The van der Waals surface area contributed by atoms with Crippen molar-refractivity contribution in [2.75, 3.05) is 0 Å². The second kappa shape index (κ2) is 4.62. The molecule has 0 amide bonds. The van der Waals surface area contributed by atoms with Crippen LogP contribution in [-0.4, -0.2) is 21.0 Å². The summed E-state index contributed by atoms with van der Waals surface area (Å²) in [6.45, 7) is 0. The summed E-state index contributed by atoms with van der Waals surface area (Å²) in [4.78, 5) is 29.0. The van der Waals surface area contributed by atoms with Crippen molar-refractivity contribution in [2.45, 2.75) is 0 Å². The van der Waals surface area contributed by atoms with E-state index in [9.17, 15) is 9.59 Å². The van der Waals surface area contributed by atoms with Gasteiger partial charge in [-0.25, -0.2) is 9.78 Å². The number of nitrogens with zero attached hydrogens (tertiary/aromatic N) is 1. The number of aromatic carboxylic acids is 1. The van der Waals surface area contributed by atoms with Crippen LogP contribution in [0.4, 0.5) is 0 Å². The first kappa shape index (κ1) is 12.1. The molecule has 0 radical (unpaired) electrons. The van der Waals surface area contributed by atoms with Crippen LogP contribution in [-0.2, 0) is 0 Å². The summed E-state index contributed by atoms with van der Waals surface area (Å²) in [5, 5.41) is 9.40. The van der Waals surface area contributed by atoms with Crippen LogP contribution in [0.1, 0.15) is 10.4 Å². The third-order valence-corrected chi connectivity index (χ3v) is 3.11. The number of carboxylic acid groups (broad SMARTS) is 1. The van der Waals surface area contributed by atoms with Crippen molar-refractivity contribution < 1.29 is 9.90 Å². The number of hydrogen-bond acceptors (Lipinski definition) is 3. The molecule has 0 spiro atoms. The predicted molar refractivity (Wildman–Crippen MR) is 74.8 cm³/mol. The third kappa shape index (κ3) is 2.05. The summed E-state index contributed by atoms with van der Waals surface area (Å²) >= 11 is 0. The zero-order chi connectivity index (χ0) is 14.1. The quantitative estimate of drug-likeness (QED) is 0.745. The van der Waals surface area contributed by atoms with Crippen molar-refractivity contribution in [3.63, 3.8) is 0 Å². The third-order valence-electron chi connectivity index (χ3n) is 3.11. The molecule has 5 heteroatoms. The lowest BCUT2D eigenvalue weighted by atomic mass is 10.0. The average molecular weight is 266 g/mol. The van der Waals surface area contributed by atoms with Gasteiger partial charge in [-0.2, -0.15) is 0 Å². The number of nitrogens with one attached hydrogen (secondary N) is 1. The number of fused-ring (bicyclic) bond motifs is 1. The number of rotatable bonds is 2. The van der Waals surface area contributed by atoms with Crippen molar-refractivity contribution in [3.05, 3.63) is 64.7 Å². The van der Waals surface area contributed by atoms with Gasteiger partial charge < -0.3 is 10.1 Å². The minimum absolute atomic E-state index is 0.178. The van der Waals surface area contributed by atoms with Crippen LogP contribution in [0.3, 0.4) is 0 Å². The highest BCUT2D eigenvalue weighted by Gasteiger charge is 2.05. The normalized spacial score (nSPS) is 10.6. The molecule has 3 aromatic rings. The Balaban J connectivity index is 2.10. The van der Waals surface area contributed by atoms with Gasteiger partial charge in [-0.3, -0.25) is 4.79 Å². The Bertz CT molecular complexity index is 851. The van der Waals surface area contributed by atoms with Crippen LogP contribution in [0.5, 0.6) is 0 Å². The van der Waals surface area contributed by atoms with Crippen LogP contribution in [0.2, 0.25) is 0 Å². The molecule has 2 aromatic carbocycles. The zero-order valence-corrected chi connectivity index (χ0v) is 10.3. The molecule has 2 N–H and O–H groups in total. The predicted octanol–water partition coefficient (Wildman–Crippen LogP) is 2.29. The number of aromatic amines is 1. The van der Waals surface area contributed by atoms with Gasteiger partial charge in [0.2, 0.25) is 0 Å². The van der Waals surface area contributed by atoms with Gasteiger partial charge in [0, 0.05) is 0 Å². The topological polar surface area (TPSA) is 83.0 Å². The van der Waals surface area contributed by atoms with E-state index in [1.54, 1.807) is 36.4 Å². The summed E-state index contributed by atoms with van der Waals surface area (Å²) in [7, 11) is 0. The van der Waals surface area contributed by atoms with Crippen LogP contribution in [0.15, 0.2) is 53.6 Å². The van der Waals surface area contributed by atoms with E-state index < -0.39 is 5.97 Å². The Morgan fingerprint density at radius 2 is 1.75 bits per heavy atom. The second-order valence-electron chi connectivity index (χ2n) is 4.35. The van der Waals surface area contributed by atoms with Gasteiger partial charge in [0.15, 0.2) is 0 Å². The van der Waals surface area contributed by atoms with Gasteiger partial charge in [0.1, 0.15) is 0 Å². The summed E-state index contributed by atoms with van der Waals surface area (Å²) < 4.78 is 0. The highest BCUT2D eigenvalue weighted by atomic mass is 16.4. The molecular weight excluding hydrogens is 256 g/mol. The standard InChI is InChI=1S/C15H10N2O3/c18-14-12-6-5-11(7-13(12)16-8-17-14)9-1-3-10(4-2-9)15(19)20/h1-8H,(H,19,20)(H,16,17,18). The lowest BCUT2D eigenvalue weighted by Gasteiger charge is -2.03. The van der Waals surface area contributed by atoms with Gasteiger partial charge >= 0.3 is 5.97 Å². The number of carbonyl (C=O) groups is 1. The van der Waals surface area contributed by atoms with Gasteiger partial charge in [-0.1, -0.05) is 18.2 Å². The first-order valence-corrected chi connectivity index (χ1v) is 5.96. The molecule has 98 valence electrons. The molecule has 0 saturated heterocycles. The maximum atomic E-state index is 11.6. The lowest BCUT2D eigenvalue weighted by Crippen LogP contribution is -2.05. The first-order valence-electron chi connectivity index (χ1n) is 5.96. The second-order valence-corrected chi connectivity index (χ2v) is 4.35. The van der Waals surface area contributed by atoms with Crippen LogP contribution in [0.25, 0.3) is 22.0 Å². The Hall–Kier alpha value is -2.95. The van der Waals surface area contributed by atoms with E-state index in [0.717, 1.165) is 11.1 Å². The molecule has 0 aliphatic rings. The van der Waals surface area contributed by atoms with Crippen molar-refractivity contribution in [1.29, 1.82) is 0 Å². The fraction of sp³-hybridized carbons (Fsp3) is 0. The molecule has 0 aliphatic carbocycles. The molecule has 0 fully saturated rings. The van der Waals surface area contributed by atoms with E-state index in [1.165, 1.54) is 6.33 Å². The molecule has 0 aliphatic heterocycles. The van der Waals surface area contributed by atoms with E-state index in [0.29, 0.717) is 10.9 Å². The smallest absolute Gasteiger partial charge is 0.335 e. The fourth-order valence-corrected chi connectivity index (χ4v) is 2.05. The molecule has 3 rings (SSSR count). The highest BCUT2D eigenvalue weighted by Crippen LogP contribution is 2.22. The minimum atomic E-state index is -0.955. The minimum Gasteiger partial charge on any atom is -0.478 e.